The van der Waals surface area contributed by atoms with Gasteiger partial charge in [-0.05, 0) is 36.4 Å². The molecule has 0 amide bonds. The van der Waals surface area contributed by atoms with Gasteiger partial charge in [-0.25, -0.2) is 4.98 Å². The minimum Gasteiger partial charge on any atom is -0.466 e. The molecule has 0 atom stereocenters. The average Bonchev–Trinajstić information content (AvgIpc) is 2.48. The van der Waals surface area contributed by atoms with Gasteiger partial charge in [-0.3, -0.25) is 4.79 Å². The molecule has 0 radical (unpaired) electrons. The molecule has 0 N–H and O–H groups in total. The summed E-state index contributed by atoms with van der Waals surface area (Å²) < 4.78 is 5.04. The van der Waals surface area contributed by atoms with Gasteiger partial charge in [0.25, 0.3) is 0 Å². The van der Waals surface area contributed by atoms with Crippen molar-refractivity contribution in [2.75, 3.05) is 32.5 Å². The Hall–Kier alpha value is -0.720. The highest BCUT2D eigenvalue weighted by atomic mass is 33.1. The van der Waals surface area contributed by atoms with E-state index in [2.05, 4.69) is 9.88 Å². The standard InChI is InChI=1S/C14H22N2O2S2/c1-3-11-18-14(17)7-9-16(2)10-12-19-20-13-6-4-5-8-15-13/h4-6,8H,3,7,9-12H2,1-2H3. The summed E-state index contributed by atoms with van der Waals surface area (Å²) in [5.74, 6) is 0.899. The van der Waals surface area contributed by atoms with Crippen molar-refractivity contribution in [3.63, 3.8) is 0 Å². The monoisotopic (exact) mass is 314 g/mol. The van der Waals surface area contributed by atoms with Crippen molar-refractivity contribution in [1.29, 1.82) is 0 Å². The van der Waals surface area contributed by atoms with E-state index in [4.69, 9.17) is 4.74 Å². The van der Waals surface area contributed by atoms with Crippen LogP contribution < -0.4 is 0 Å². The Kier molecular flexibility index (Phi) is 9.53. The molecule has 20 heavy (non-hydrogen) atoms. The topological polar surface area (TPSA) is 42.4 Å². The fourth-order valence-corrected chi connectivity index (χ4v) is 3.33. The molecule has 0 spiro atoms. The van der Waals surface area contributed by atoms with Crippen molar-refractivity contribution < 1.29 is 9.53 Å². The summed E-state index contributed by atoms with van der Waals surface area (Å²) >= 11 is 0. The number of aromatic nitrogens is 1. The maximum Gasteiger partial charge on any atom is 0.307 e. The Morgan fingerprint density at radius 1 is 1.40 bits per heavy atom. The van der Waals surface area contributed by atoms with E-state index in [-0.39, 0.29) is 5.97 Å². The molecule has 1 rings (SSSR count). The van der Waals surface area contributed by atoms with Gasteiger partial charge in [0.2, 0.25) is 0 Å². The molecule has 4 nitrogen and oxygen atoms in total. The highest BCUT2D eigenvalue weighted by Gasteiger charge is 2.05. The van der Waals surface area contributed by atoms with E-state index in [0.29, 0.717) is 13.0 Å². The van der Waals surface area contributed by atoms with E-state index >= 15 is 0 Å². The lowest BCUT2D eigenvalue weighted by molar-refractivity contribution is -0.143. The second-order valence-electron chi connectivity index (χ2n) is 4.35. The van der Waals surface area contributed by atoms with E-state index in [1.165, 1.54) is 0 Å². The molecule has 0 saturated carbocycles. The first-order valence-corrected chi connectivity index (χ1v) is 9.09. The lowest BCUT2D eigenvalue weighted by Crippen LogP contribution is -2.24. The lowest BCUT2D eigenvalue weighted by Gasteiger charge is -2.15. The maximum atomic E-state index is 11.4. The van der Waals surface area contributed by atoms with Crippen LogP contribution in [0.1, 0.15) is 19.8 Å². The van der Waals surface area contributed by atoms with Gasteiger partial charge in [-0.15, -0.1) is 0 Å². The van der Waals surface area contributed by atoms with Crippen molar-refractivity contribution in [2.45, 2.75) is 24.8 Å². The van der Waals surface area contributed by atoms with Crippen molar-refractivity contribution in [3.05, 3.63) is 24.4 Å². The minimum atomic E-state index is -0.103. The van der Waals surface area contributed by atoms with Gasteiger partial charge in [0, 0.05) is 25.0 Å². The number of hydrogen-bond donors (Lipinski definition) is 0. The number of hydrogen-bond acceptors (Lipinski definition) is 6. The normalized spacial score (nSPS) is 10.8. The summed E-state index contributed by atoms with van der Waals surface area (Å²) in [6.45, 7) is 4.22. The third-order valence-corrected chi connectivity index (χ3v) is 4.75. The minimum absolute atomic E-state index is 0.103. The predicted octanol–water partition coefficient (Wildman–Crippen LogP) is 3.10. The van der Waals surface area contributed by atoms with Crippen molar-refractivity contribution in [3.8, 4) is 0 Å². The summed E-state index contributed by atoms with van der Waals surface area (Å²) in [6.07, 6.45) is 3.15. The van der Waals surface area contributed by atoms with E-state index in [9.17, 15) is 4.79 Å². The van der Waals surface area contributed by atoms with Crippen LogP contribution in [-0.4, -0.2) is 48.4 Å². The number of ether oxygens (including phenoxy) is 1. The number of nitrogens with zero attached hydrogens (tertiary/aromatic N) is 2. The molecule has 0 saturated heterocycles. The molecule has 0 aliphatic heterocycles. The van der Waals surface area contributed by atoms with Gasteiger partial charge in [0.15, 0.2) is 0 Å². The van der Waals surface area contributed by atoms with E-state index in [0.717, 1.165) is 30.3 Å². The first-order chi connectivity index (χ1) is 9.72. The van der Waals surface area contributed by atoms with Gasteiger partial charge >= 0.3 is 5.97 Å². The van der Waals surface area contributed by atoms with Crippen LogP contribution in [0.2, 0.25) is 0 Å². The van der Waals surface area contributed by atoms with Crippen LogP contribution in [0.15, 0.2) is 29.4 Å². The highest BCUT2D eigenvalue weighted by molar-refractivity contribution is 8.76. The van der Waals surface area contributed by atoms with Crippen LogP contribution in [0, 0.1) is 0 Å². The van der Waals surface area contributed by atoms with Crippen molar-refractivity contribution in [1.82, 2.24) is 9.88 Å². The van der Waals surface area contributed by atoms with Crippen LogP contribution in [0.25, 0.3) is 0 Å². The molecule has 0 aliphatic rings. The SMILES string of the molecule is CCCOC(=O)CCN(C)CCSSc1ccccn1. The summed E-state index contributed by atoms with van der Waals surface area (Å²) in [4.78, 5) is 17.8. The Balaban J connectivity index is 2.02. The summed E-state index contributed by atoms with van der Waals surface area (Å²) in [6, 6.07) is 5.91. The molecule has 1 aromatic rings. The number of rotatable bonds is 10. The average molecular weight is 314 g/mol. The van der Waals surface area contributed by atoms with Gasteiger partial charge in [0.05, 0.1) is 13.0 Å². The van der Waals surface area contributed by atoms with E-state index < -0.39 is 0 Å². The summed E-state index contributed by atoms with van der Waals surface area (Å²) in [7, 11) is 5.49. The smallest absolute Gasteiger partial charge is 0.307 e. The van der Waals surface area contributed by atoms with Crippen LogP contribution in [0.4, 0.5) is 0 Å². The molecule has 0 bridgehead atoms. The molecule has 0 unspecified atom stereocenters. The van der Waals surface area contributed by atoms with Crippen LogP contribution in [-0.2, 0) is 9.53 Å². The molecular formula is C14H22N2O2S2. The molecule has 6 heteroatoms. The Morgan fingerprint density at radius 2 is 2.25 bits per heavy atom. The lowest BCUT2D eigenvalue weighted by atomic mass is 10.4. The molecule has 1 heterocycles. The first kappa shape index (κ1) is 17.3. The summed E-state index contributed by atoms with van der Waals surface area (Å²) in [5.41, 5.74) is 0. The third kappa shape index (κ3) is 8.45. The fourth-order valence-electron chi connectivity index (χ4n) is 1.37. The first-order valence-electron chi connectivity index (χ1n) is 6.77. The van der Waals surface area contributed by atoms with Gasteiger partial charge < -0.3 is 9.64 Å². The molecular weight excluding hydrogens is 292 g/mol. The van der Waals surface area contributed by atoms with E-state index in [1.54, 1.807) is 27.8 Å². The van der Waals surface area contributed by atoms with Gasteiger partial charge in [-0.2, -0.15) is 0 Å². The van der Waals surface area contributed by atoms with Crippen molar-refractivity contribution >= 4 is 27.6 Å². The zero-order valence-electron chi connectivity index (χ0n) is 12.1. The highest BCUT2D eigenvalue weighted by Crippen LogP contribution is 2.28. The molecule has 112 valence electrons. The van der Waals surface area contributed by atoms with E-state index in [1.807, 2.05) is 32.2 Å². The Bertz CT molecular complexity index is 377. The number of esters is 1. The largest absolute Gasteiger partial charge is 0.466 e. The quantitative estimate of drug-likeness (QED) is 0.375. The summed E-state index contributed by atoms with van der Waals surface area (Å²) in [5, 5.41) is 1.03. The Labute approximate surface area is 129 Å². The third-order valence-electron chi connectivity index (χ3n) is 2.50. The number of carbonyl (C=O) groups excluding carboxylic acids is 1. The zero-order valence-corrected chi connectivity index (χ0v) is 13.7. The fraction of sp³-hybridized carbons (Fsp3) is 0.571. The molecule has 0 fully saturated rings. The Morgan fingerprint density at radius 3 is 2.95 bits per heavy atom. The van der Waals surface area contributed by atoms with Crippen LogP contribution in [0.5, 0.6) is 0 Å². The van der Waals surface area contributed by atoms with Crippen LogP contribution in [0.3, 0.4) is 0 Å². The predicted molar refractivity (Wildman–Crippen MR) is 85.9 cm³/mol. The van der Waals surface area contributed by atoms with Gasteiger partial charge in [0.1, 0.15) is 5.03 Å². The number of carbonyl (C=O) groups is 1. The molecule has 0 aromatic carbocycles. The van der Waals surface area contributed by atoms with Crippen molar-refractivity contribution in [2.24, 2.45) is 0 Å². The van der Waals surface area contributed by atoms with Gasteiger partial charge in [-0.1, -0.05) is 23.8 Å². The molecule has 1 aromatic heterocycles. The van der Waals surface area contributed by atoms with Crippen LogP contribution >= 0.6 is 21.6 Å². The maximum absolute atomic E-state index is 11.4. The number of pyridine rings is 1. The molecule has 0 aliphatic carbocycles. The second kappa shape index (κ2) is 11.0. The zero-order chi connectivity index (χ0) is 14.6. The second-order valence-corrected chi connectivity index (χ2v) is 6.78.